The summed E-state index contributed by atoms with van der Waals surface area (Å²) in [6, 6.07) is 16.2. The van der Waals surface area contributed by atoms with Crippen LogP contribution in [0.4, 0.5) is 0 Å². The molecule has 27 heavy (non-hydrogen) atoms. The molecular formula is C20H18ClNO4S. The van der Waals surface area contributed by atoms with E-state index < -0.39 is 21.0 Å². The predicted octanol–water partition coefficient (Wildman–Crippen LogP) is 4.19. The molecule has 1 amide bonds. The maximum atomic E-state index is 13.1. The number of aryl methyl sites for hydroxylation is 1. The Balaban J connectivity index is 1.86. The Morgan fingerprint density at radius 2 is 1.85 bits per heavy atom. The van der Waals surface area contributed by atoms with Gasteiger partial charge in [0.05, 0.1) is 11.2 Å². The number of hydrogen-bond acceptors (Lipinski definition) is 4. The van der Waals surface area contributed by atoms with Crippen LogP contribution in [-0.4, -0.2) is 20.9 Å². The van der Waals surface area contributed by atoms with Crippen LogP contribution in [0.15, 0.2) is 76.2 Å². The molecule has 1 aromatic heterocycles. The van der Waals surface area contributed by atoms with Gasteiger partial charge in [-0.25, -0.2) is 8.42 Å². The Bertz CT molecular complexity index is 1030. The zero-order valence-electron chi connectivity index (χ0n) is 14.6. The van der Waals surface area contributed by atoms with E-state index in [0.717, 1.165) is 5.56 Å². The summed E-state index contributed by atoms with van der Waals surface area (Å²) < 4.78 is 31.6. The molecule has 3 aromatic rings. The first kappa shape index (κ1) is 19.2. The van der Waals surface area contributed by atoms with Gasteiger partial charge in [-0.15, -0.1) is 0 Å². The molecule has 0 saturated carbocycles. The average Bonchev–Trinajstić information content (AvgIpc) is 3.16. The van der Waals surface area contributed by atoms with Crippen LogP contribution in [0, 0.1) is 6.92 Å². The minimum absolute atomic E-state index is 0.130. The van der Waals surface area contributed by atoms with Crippen molar-refractivity contribution in [2.45, 2.75) is 17.1 Å². The zero-order chi connectivity index (χ0) is 19.4. The van der Waals surface area contributed by atoms with Crippen molar-refractivity contribution in [2.24, 2.45) is 0 Å². The van der Waals surface area contributed by atoms with Crippen LogP contribution in [0.5, 0.6) is 0 Å². The number of amides is 1. The van der Waals surface area contributed by atoms with Crippen molar-refractivity contribution in [2.75, 3.05) is 6.54 Å². The van der Waals surface area contributed by atoms with Crippen LogP contribution >= 0.6 is 11.6 Å². The van der Waals surface area contributed by atoms with Crippen LogP contribution < -0.4 is 5.32 Å². The van der Waals surface area contributed by atoms with Gasteiger partial charge in [-0.2, -0.15) is 0 Å². The molecule has 0 aliphatic heterocycles. The topological polar surface area (TPSA) is 76.4 Å². The van der Waals surface area contributed by atoms with Crippen molar-refractivity contribution in [3.8, 4) is 0 Å². The molecule has 0 aliphatic rings. The van der Waals surface area contributed by atoms with E-state index in [1.54, 1.807) is 54.6 Å². The lowest BCUT2D eigenvalue weighted by atomic mass is 10.2. The van der Waals surface area contributed by atoms with E-state index in [-0.39, 0.29) is 17.2 Å². The standard InChI is InChI=1S/C20H18ClNO4S/c1-14-7-9-17(10-8-14)27(24,25)19(18-6-3-11-26-18)13-22-20(23)15-4-2-5-16(21)12-15/h2-12,19H,13H2,1H3,(H,22,23)/t19-/m1/s1. The van der Waals surface area contributed by atoms with Crippen LogP contribution in [0.2, 0.25) is 5.02 Å². The first-order chi connectivity index (χ1) is 12.9. The van der Waals surface area contributed by atoms with Crippen LogP contribution in [0.3, 0.4) is 0 Å². The molecule has 2 aromatic carbocycles. The van der Waals surface area contributed by atoms with E-state index in [1.165, 1.54) is 12.3 Å². The van der Waals surface area contributed by atoms with Crippen molar-refractivity contribution in [3.05, 3.63) is 88.8 Å². The molecule has 7 heteroatoms. The number of rotatable bonds is 6. The van der Waals surface area contributed by atoms with Crippen molar-refractivity contribution >= 4 is 27.3 Å². The minimum atomic E-state index is -3.76. The van der Waals surface area contributed by atoms with Gasteiger partial charge in [0.15, 0.2) is 9.84 Å². The zero-order valence-corrected chi connectivity index (χ0v) is 16.1. The highest BCUT2D eigenvalue weighted by atomic mass is 35.5. The number of hydrogen-bond donors (Lipinski definition) is 1. The summed E-state index contributed by atoms with van der Waals surface area (Å²) in [5.74, 6) is -0.143. The number of carbonyl (C=O) groups is 1. The second-order valence-corrected chi connectivity index (χ2v) is 8.65. The lowest BCUT2D eigenvalue weighted by Crippen LogP contribution is -2.31. The van der Waals surface area contributed by atoms with Crippen molar-refractivity contribution in [1.29, 1.82) is 0 Å². The van der Waals surface area contributed by atoms with Crippen LogP contribution in [-0.2, 0) is 9.84 Å². The molecule has 0 fully saturated rings. The number of benzene rings is 2. The molecule has 0 saturated heterocycles. The van der Waals surface area contributed by atoms with E-state index in [0.29, 0.717) is 10.6 Å². The number of carbonyl (C=O) groups excluding carboxylic acids is 1. The molecule has 5 nitrogen and oxygen atoms in total. The molecule has 1 heterocycles. The second kappa shape index (κ2) is 7.98. The number of furan rings is 1. The lowest BCUT2D eigenvalue weighted by molar-refractivity contribution is 0.0953. The normalized spacial score (nSPS) is 12.5. The summed E-state index contributed by atoms with van der Waals surface area (Å²) in [4.78, 5) is 12.6. The van der Waals surface area contributed by atoms with Gasteiger partial charge in [-0.05, 0) is 49.4 Å². The van der Waals surface area contributed by atoms with Gasteiger partial charge in [0.25, 0.3) is 5.91 Å². The highest BCUT2D eigenvalue weighted by molar-refractivity contribution is 7.91. The molecule has 0 bridgehead atoms. The Labute approximate surface area is 162 Å². The van der Waals surface area contributed by atoms with E-state index in [9.17, 15) is 13.2 Å². The molecule has 0 radical (unpaired) electrons. The average molecular weight is 404 g/mol. The Kier molecular flexibility index (Phi) is 5.68. The quantitative estimate of drug-likeness (QED) is 0.669. The van der Waals surface area contributed by atoms with Gasteiger partial charge in [0, 0.05) is 17.1 Å². The van der Waals surface area contributed by atoms with Gasteiger partial charge in [-0.3, -0.25) is 4.79 Å². The van der Waals surface area contributed by atoms with Crippen molar-refractivity contribution in [1.82, 2.24) is 5.32 Å². The summed E-state index contributed by atoms with van der Waals surface area (Å²) in [6.07, 6.45) is 1.41. The van der Waals surface area contributed by atoms with E-state index in [1.807, 2.05) is 6.92 Å². The minimum Gasteiger partial charge on any atom is -0.468 e. The highest BCUT2D eigenvalue weighted by Crippen LogP contribution is 2.29. The molecule has 140 valence electrons. The Morgan fingerprint density at radius 1 is 1.11 bits per heavy atom. The van der Waals surface area contributed by atoms with Gasteiger partial charge in [0.1, 0.15) is 11.0 Å². The third kappa shape index (κ3) is 4.40. The summed E-state index contributed by atoms with van der Waals surface area (Å²) in [6.45, 7) is 1.75. The Hall–Kier alpha value is -2.57. The summed E-state index contributed by atoms with van der Waals surface area (Å²) in [5.41, 5.74) is 1.31. The van der Waals surface area contributed by atoms with Gasteiger partial charge in [0.2, 0.25) is 0 Å². The fourth-order valence-corrected chi connectivity index (χ4v) is 4.42. The summed E-state index contributed by atoms with van der Waals surface area (Å²) in [7, 11) is -3.76. The van der Waals surface area contributed by atoms with E-state index >= 15 is 0 Å². The van der Waals surface area contributed by atoms with Gasteiger partial charge in [-0.1, -0.05) is 35.4 Å². The molecule has 1 atom stereocenters. The fraction of sp³-hybridized carbons (Fsp3) is 0.150. The number of sulfone groups is 1. The van der Waals surface area contributed by atoms with Crippen LogP contribution in [0.1, 0.15) is 26.9 Å². The molecule has 3 rings (SSSR count). The largest absolute Gasteiger partial charge is 0.468 e. The molecule has 0 aliphatic carbocycles. The summed E-state index contributed by atoms with van der Waals surface area (Å²) >= 11 is 5.91. The van der Waals surface area contributed by atoms with E-state index in [4.69, 9.17) is 16.0 Å². The monoisotopic (exact) mass is 403 g/mol. The van der Waals surface area contributed by atoms with E-state index in [2.05, 4.69) is 5.32 Å². The lowest BCUT2D eigenvalue weighted by Gasteiger charge is -2.17. The predicted molar refractivity (Wildman–Crippen MR) is 104 cm³/mol. The Morgan fingerprint density at radius 3 is 2.48 bits per heavy atom. The molecular weight excluding hydrogens is 386 g/mol. The maximum absolute atomic E-state index is 13.1. The van der Waals surface area contributed by atoms with Gasteiger partial charge < -0.3 is 9.73 Å². The molecule has 0 unspecified atom stereocenters. The molecule has 1 N–H and O–H groups in total. The molecule has 0 spiro atoms. The number of nitrogens with one attached hydrogen (secondary N) is 1. The van der Waals surface area contributed by atoms with Crippen LogP contribution in [0.25, 0.3) is 0 Å². The third-order valence-electron chi connectivity index (χ3n) is 4.12. The third-order valence-corrected chi connectivity index (χ3v) is 6.43. The number of halogens is 1. The van der Waals surface area contributed by atoms with Gasteiger partial charge >= 0.3 is 0 Å². The van der Waals surface area contributed by atoms with Crippen molar-refractivity contribution < 1.29 is 17.6 Å². The van der Waals surface area contributed by atoms with Crippen molar-refractivity contribution in [3.63, 3.8) is 0 Å². The second-order valence-electron chi connectivity index (χ2n) is 6.08. The smallest absolute Gasteiger partial charge is 0.251 e. The fourth-order valence-electron chi connectivity index (χ4n) is 2.65. The first-order valence-electron chi connectivity index (χ1n) is 8.25. The summed E-state index contributed by atoms with van der Waals surface area (Å²) in [5, 5.41) is 2.05. The SMILES string of the molecule is Cc1ccc(S(=O)(=O)[C@H](CNC(=O)c2cccc(Cl)c2)c2ccco2)cc1. The first-order valence-corrected chi connectivity index (χ1v) is 10.2. The maximum Gasteiger partial charge on any atom is 0.251 e. The highest BCUT2D eigenvalue weighted by Gasteiger charge is 2.31.